The van der Waals surface area contributed by atoms with Gasteiger partial charge >= 0.3 is 5.97 Å². The second-order valence-corrected chi connectivity index (χ2v) is 9.70. The summed E-state index contributed by atoms with van der Waals surface area (Å²) in [4.78, 5) is 41.5. The van der Waals surface area contributed by atoms with E-state index >= 15 is 0 Å². The van der Waals surface area contributed by atoms with Gasteiger partial charge in [0, 0.05) is 37.3 Å². The molecule has 0 saturated heterocycles. The molecular weight excluding hydrogens is 476 g/mol. The topological polar surface area (TPSA) is 196 Å². The lowest BCUT2D eigenvalue weighted by molar-refractivity contribution is -0.153. The van der Waals surface area contributed by atoms with Crippen molar-refractivity contribution in [2.45, 2.75) is 36.7 Å². The smallest absolute Gasteiger partial charge is 0.328 e. The molecule has 188 valence electrons. The van der Waals surface area contributed by atoms with E-state index in [0.29, 0.717) is 5.56 Å². The van der Waals surface area contributed by atoms with Gasteiger partial charge < -0.3 is 16.2 Å². The summed E-state index contributed by atoms with van der Waals surface area (Å²) in [6.07, 6.45) is 3.64. The number of amides is 1. The van der Waals surface area contributed by atoms with E-state index < -0.39 is 40.0 Å². The zero-order valence-electron chi connectivity index (χ0n) is 19.1. The molecule has 0 aliphatic carbocycles. The molecule has 13 heteroatoms. The van der Waals surface area contributed by atoms with Crippen LogP contribution in [0, 0.1) is 5.41 Å². The summed E-state index contributed by atoms with van der Waals surface area (Å²) in [6.45, 7) is 0.235. The minimum absolute atomic E-state index is 0.00864. The number of carbonyl (C=O) groups excluding carboxylic acids is 2. The van der Waals surface area contributed by atoms with Crippen LogP contribution in [-0.4, -0.2) is 66.0 Å². The molecule has 0 fully saturated rings. The number of nitrogens with one attached hydrogen (secondary N) is 3. The molecule has 0 spiro atoms. The van der Waals surface area contributed by atoms with Gasteiger partial charge in [-0.2, -0.15) is 0 Å². The standard InChI is InChI=1S/C22H28N6O6S/c1-35(33,34)17-6-4-15(5-7-17)14-27-28(18(21(31)32)3-2-10-26-22(23)24)20(30)13-19(29)16-8-11-25-12-9-16/h4-9,11-12,18,27H,2-3,10,13-14H2,1H3,(H,31,32)(H4,23,24,26)/t18-/m0/s1. The Bertz CT molecular complexity index is 1150. The van der Waals surface area contributed by atoms with E-state index in [1.807, 2.05) is 0 Å². The summed E-state index contributed by atoms with van der Waals surface area (Å²) in [7, 11) is -3.38. The van der Waals surface area contributed by atoms with Crippen LogP contribution in [0.1, 0.15) is 35.2 Å². The fraction of sp³-hybridized carbons (Fsp3) is 0.318. The molecule has 1 atom stereocenters. The predicted octanol–water partition coefficient (Wildman–Crippen LogP) is 0.308. The highest BCUT2D eigenvalue weighted by molar-refractivity contribution is 7.90. The molecule has 0 aliphatic rings. The van der Waals surface area contributed by atoms with Gasteiger partial charge in [-0.3, -0.25) is 25.0 Å². The van der Waals surface area contributed by atoms with Crippen molar-refractivity contribution in [3.8, 4) is 0 Å². The number of hydrogen-bond acceptors (Lipinski definition) is 8. The molecule has 2 rings (SSSR count). The van der Waals surface area contributed by atoms with Crippen molar-refractivity contribution in [3.05, 3.63) is 59.9 Å². The Kier molecular flexibility index (Phi) is 9.85. The summed E-state index contributed by atoms with van der Waals surface area (Å²) in [5, 5.41) is 20.5. The van der Waals surface area contributed by atoms with Crippen LogP contribution < -0.4 is 16.5 Å². The van der Waals surface area contributed by atoms with Crippen molar-refractivity contribution in [1.82, 2.24) is 20.7 Å². The van der Waals surface area contributed by atoms with Crippen molar-refractivity contribution in [1.29, 1.82) is 5.41 Å². The number of hydrazine groups is 1. The second kappa shape index (κ2) is 12.6. The zero-order chi connectivity index (χ0) is 26.0. The molecule has 0 saturated carbocycles. The van der Waals surface area contributed by atoms with Crippen molar-refractivity contribution in [2.75, 3.05) is 12.8 Å². The third-order valence-corrected chi connectivity index (χ3v) is 6.08. The lowest BCUT2D eigenvalue weighted by Crippen LogP contribution is -2.53. The number of Topliss-reactive ketones (excluding diaryl/α,β-unsaturated/α-hetero) is 1. The number of carboxylic acids is 1. The molecule has 0 bridgehead atoms. The van der Waals surface area contributed by atoms with Crippen LogP contribution in [0.25, 0.3) is 0 Å². The second-order valence-electron chi connectivity index (χ2n) is 7.69. The van der Waals surface area contributed by atoms with E-state index in [4.69, 9.17) is 11.1 Å². The highest BCUT2D eigenvalue weighted by Gasteiger charge is 2.30. The number of sulfone groups is 1. The van der Waals surface area contributed by atoms with Crippen LogP contribution >= 0.6 is 0 Å². The third-order valence-electron chi connectivity index (χ3n) is 4.95. The zero-order valence-corrected chi connectivity index (χ0v) is 19.9. The van der Waals surface area contributed by atoms with E-state index in [1.54, 1.807) is 12.1 Å². The van der Waals surface area contributed by atoms with E-state index in [1.165, 1.54) is 36.7 Å². The Labute approximate surface area is 202 Å². The highest BCUT2D eigenvalue weighted by atomic mass is 32.2. The van der Waals surface area contributed by atoms with Gasteiger partial charge in [0.25, 0.3) is 0 Å². The van der Waals surface area contributed by atoms with Crippen molar-refractivity contribution >= 4 is 33.5 Å². The van der Waals surface area contributed by atoms with Gasteiger partial charge in [0.1, 0.15) is 6.04 Å². The van der Waals surface area contributed by atoms with Crippen LogP contribution in [0.15, 0.2) is 53.7 Å². The monoisotopic (exact) mass is 504 g/mol. The molecule has 0 unspecified atom stereocenters. The Morgan fingerprint density at radius 1 is 1.14 bits per heavy atom. The van der Waals surface area contributed by atoms with Gasteiger partial charge in [-0.15, -0.1) is 0 Å². The molecule has 1 aromatic carbocycles. The Balaban J connectivity index is 2.20. The van der Waals surface area contributed by atoms with Crippen LogP contribution in [0.4, 0.5) is 0 Å². The summed E-state index contributed by atoms with van der Waals surface area (Å²) in [6, 6.07) is 7.51. The largest absolute Gasteiger partial charge is 0.480 e. The quantitative estimate of drug-likeness (QED) is 0.0632. The number of aromatic nitrogens is 1. The van der Waals surface area contributed by atoms with Gasteiger partial charge in [-0.25, -0.2) is 18.6 Å². The van der Waals surface area contributed by atoms with Gasteiger partial charge in [0.05, 0.1) is 11.3 Å². The maximum atomic E-state index is 13.0. The maximum Gasteiger partial charge on any atom is 0.328 e. The molecule has 12 nitrogen and oxygen atoms in total. The van der Waals surface area contributed by atoms with Gasteiger partial charge in [0.2, 0.25) is 5.91 Å². The normalized spacial score (nSPS) is 11.9. The Morgan fingerprint density at radius 2 is 1.77 bits per heavy atom. The van der Waals surface area contributed by atoms with Crippen molar-refractivity contribution in [3.63, 3.8) is 0 Å². The number of pyridine rings is 1. The number of guanidine groups is 1. The number of nitrogens with two attached hydrogens (primary N) is 1. The van der Waals surface area contributed by atoms with Gasteiger partial charge in [-0.1, -0.05) is 12.1 Å². The minimum Gasteiger partial charge on any atom is -0.480 e. The molecule has 1 heterocycles. The molecular formula is C22H28N6O6S. The predicted molar refractivity (Wildman–Crippen MR) is 127 cm³/mol. The van der Waals surface area contributed by atoms with Crippen LogP contribution in [0.5, 0.6) is 0 Å². The van der Waals surface area contributed by atoms with E-state index in [9.17, 15) is 27.9 Å². The molecule has 1 amide bonds. The van der Waals surface area contributed by atoms with Crippen molar-refractivity contribution < 1.29 is 27.9 Å². The highest BCUT2D eigenvalue weighted by Crippen LogP contribution is 2.13. The van der Waals surface area contributed by atoms with E-state index in [0.717, 1.165) is 11.3 Å². The number of carbonyl (C=O) groups is 3. The summed E-state index contributed by atoms with van der Waals surface area (Å²) in [5.41, 5.74) is 8.88. The van der Waals surface area contributed by atoms with Crippen molar-refractivity contribution in [2.24, 2.45) is 5.73 Å². The SMILES string of the molecule is CS(=O)(=O)c1ccc(CNN(C(=O)CC(=O)c2ccncc2)[C@@H](CCCNC(=N)N)C(=O)O)cc1. The molecule has 1 aromatic heterocycles. The fourth-order valence-corrected chi connectivity index (χ4v) is 3.78. The summed E-state index contributed by atoms with van der Waals surface area (Å²) >= 11 is 0. The average molecular weight is 505 g/mol. The number of ketones is 1. The molecule has 0 radical (unpaired) electrons. The lowest BCUT2D eigenvalue weighted by atomic mass is 10.1. The summed E-state index contributed by atoms with van der Waals surface area (Å²) in [5.74, 6) is -2.78. The molecule has 35 heavy (non-hydrogen) atoms. The van der Waals surface area contributed by atoms with E-state index in [2.05, 4.69) is 15.7 Å². The number of aliphatic carboxylic acids is 1. The first-order chi connectivity index (χ1) is 16.5. The summed E-state index contributed by atoms with van der Waals surface area (Å²) < 4.78 is 23.3. The number of benzene rings is 1. The Hall–Kier alpha value is -3.84. The first-order valence-corrected chi connectivity index (χ1v) is 12.5. The van der Waals surface area contributed by atoms with Crippen LogP contribution in [0.3, 0.4) is 0 Å². The van der Waals surface area contributed by atoms with Crippen LogP contribution in [0.2, 0.25) is 0 Å². The van der Waals surface area contributed by atoms with Gasteiger partial charge in [-0.05, 0) is 42.7 Å². The fourth-order valence-electron chi connectivity index (χ4n) is 3.15. The number of nitrogens with zero attached hydrogens (tertiary/aromatic N) is 2. The molecule has 0 aliphatic heterocycles. The first-order valence-electron chi connectivity index (χ1n) is 10.6. The molecule has 2 aromatic rings. The number of hydrogen-bond donors (Lipinski definition) is 5. The third kappa shape index (κ3) is 8.79. The first kappa shape index (κ1) is 27.4. The van der Waals surface area contributed by atoms with Gasteiger partial charge in [0.15, 0.2) is 21.6 Å². The average Bonchev–Trinajstić information content (AvgIpc) is 2.80. The van der Waals surface area contributed by atoms with E-state index in [-0.39, 0.29) is 42.3 Å². The minimum atomic E-state index is -3.38. The van der Waals surface area contributed by atoms with Crippen LogP contribution in [-0.2, 0) is 26.0 Å². The Morgan fingerprint density at radius 3 is 2.31 bits per heavy atom. The maximum absolute atomic E-state index is 13.0. The lowest BCUT2D eigenvalue weighted by Gasteiger charge is -2.29. The molecule has 6 N–H and O–H groups in total. The number of rotatable bonds is 13. The number of carboxylic acid groups (broad SMARTS) is 1.